The third kappa shape index (κ3) is 6.93. The largest absolute Gasteiger partial charge is 0.451 e. The minimum absolute atomic E-state index is 0.218. The number of nitrogens with one attached hydrogen (secondary N) is 2. The molecule has 1 aromatic carbocycles. The number of urea groups is 1. The molecule has 2 atom stereocenters. The highest BCUT2D eigenvalue weighted by molar-refractivity contribution is 7.98. The summed E-state index contributed by atoms with van der Waals surface area (Å²) in [5.74, 6) is -1.61. The summed E-state index contributed by atoms with van der Waals surface area (Å²) in [6.07, 6.45) is 0.894. The van der Waals surface area contributed by atoms with Crippen LogP contribution in [0.1, 0.15) is 23.7 Å². The van der Waals surface area contributed by atoms with Gasteiger partial charge in [-0.15, -0.1) is 0 Å². The van der Waals surface area contributed by atoms with Crippen molar-refractivity contribution in [3.05, 3.63) is 34.9 Å². The average molecular weight is 402 g/mol. The first-order valence-corrected chi connectivity index (χ1v) is 9.38. The van der Waals surface area contributed by atoms with Gasteiger partial charge in [0.1, 0.15) is 6.04 Å². The van der Waals surface area contributed by atoms with Gasteiger partial charge in [-0.1, -0.05) is 23.7 Å². The van der Waals surface area contributed by atoms with E-state index < -0.39 is 36.0 Å². The highest BCUT2D eigenvalue weighted by Gasteiger charge is 2.27. The number of halogens is 1. The van der Waals surface area contributed by atoms with E-state index in [0.717, 1.165) is 0 Å². The molecule has 142 valence electrons. The number of amides is 4. The van der Waals surface area contributed by atoms with Gasteiger partial charge >= 0.3 is 12.0 Å². The summed E-state index contributed by atoms with van der Waals surface area (Å²) < 4.78 is 5.02. The first kappa shape index (κ1) is 21.8. The van der Waals surface area contributed by atoms with E-state index in [4.69, 9.17) is 22.1 Å². The second-order valence-corrected chi connectivity index (χ2v) is 6.61. The van der Waals surface area contributed by atoms with Crippen LogP contribution in [0.2, 0.25) is 5.02 Å². The number of rotatable bonds is 8. The summed E-state index contributed by atoms with van der Waals surface area (Å²) in [6, 6.07) is 4.38. The van der Waals surface area contributed by atoms with Gasteiger partial charge < -0.3 is 15.8 Å². The normalized spacial score (nSPS) is 12.6. The fourth-order valence-corrected chi connectivity index (χ4v) is 2.59. The Morgan fingerprint density at radius 2 is 1.92 bits per heavy atom. The lowest BCUT2D eigenvalue weighted by molar-refractivity contribution is -0.156. The number of nitrogens with two attached hydrogens (primary N) is 1. The van der Waals surface area contributed by atoms with Crippen molar-refractivity contribution >= 4 is 47.2 Å². The van der Waals surface area contributed by atoms with Gasteiger partial charge in [0, 0.05) is 0 Å². The molecule has 1 rings (SSSR count). The summed E-state index contributed by atoms with van der Waals surface area (Å²) in [7, 11) is 0. The topological polar surface area (TPSA) is 128 Å². The SMILES string of the molecule is CSCC[C@@H](NC(=O)c1ccccc1Cl)C(=O)O[C@@H](C)C(=O)NC(N)=O. The van der Waals surface area contributed by atoms with Crippen molar-refractivity contribution in [1.82, 2.24) is 10.6 Å². The molecule has 0 aromatic heterocycles. The van der Waals surface area contributed by atoms with E-state index in [1.165, 1.54) is 24.8 Å². The van der Waals surface area contributed by atoms with Crippen LogP contribution in [0.3, 0.4) is 0 Å². The molecule has 26 heavy (non-hydrogen) atoms. The Hall–Kier alpha value is -2.26. The summed E-state index contributed by atoms with van der Waals surface area (Å²) in [4.78, 5) is 47.0. The van der Waals surface area contributed by atoms with Crippen LogP contribution in [0.25, 0.3) is 0 Å². The zero-order valence-corrected chi connectivity index (χ0v) is 15.9. The number of carbonyl (C=O) groups excluding carboxylic acids is 4. The molecule has 0 spiro atoms. The molecule has 0 heterocycles. The van der Waals surface area contributed by atoms with Gasteiger partial charge in [0.05, 0.1) is 10.6 Å². The summed E-state index contributed by atoms with van der Waals surface area (Å²) in [6.45, 7) is 1.29. The van der Waals surface area contributed by atoms with Crippen LogP contribution < -0.4 is 16.4 Å². The van der Waals surface area contributed by atoms with Crippen LogP contribution in [0.4, 0.5) is 4.79 Å². The van der Waals surface area contributed by atoms with Gasteiger partial charge in [-0.2, -0.15) is 11.8 Å². The minimum Gasteiger partial charge on any atom is -0.451 e. The second-order valence-electron chi connectivity index (χ2n) is 5.22. The van der Waals surface area contributed by atoms with Crippen molar-refractivity contribution in [1.29, 1.82) is 0 Å². The molecule has 0 saturated carbocycles. The van der Waals surface area contributed by atoms with Crippen molar-refractivity contribution < 1.29 is 23.9 Å². The van der Waals surface area contributed by atoms with Crippen molar-refractivity contribution in [2.45, 2.75) is 25.5 Å². The highest BCUT2D eigenvalue weighted by Crippen LogP contribution is 2.15. The lowest BCUT2D eigenvalue weighted by Crippen LogP contribution is -2.47. The Balaban J connectivity index is 2.80. The van der Waals surface area contributed by atoms with Crippen LogP contribution in [-0.2, 0) is 14.3 Å². The maximum Gasteiger partial charge on any atom is 0.329 e. The second kappa shape index (κ2) is 10.7. The van der Waals surface area contributed by atoms with Crippen molar-refractivity contribution in [3.8, 4) is 0 Å². The van der Waals surface area contributed by atoms with E-state index in [-0.39, 0.29) is 10.6 Å². The number of hydrogen-bond donors (Lipinski definition) is 3. The predicted molar refractivity (Wildman–Crippen MR) is 99.0 cm³/mol. The lowest BCUT2D eigenvalue weighted by atomic mass is 10.1. The molecule has 0 fully saturated rings. The summed E-state index contributed by atoms with van der Waals surface area (Å²) in [5.41, 5.74) is 5.07. The lowest BCUT2D eigenvalue weighted by Gasteiger charge is -2.20. The molecule has 0 aliphatic heterocycles. The van der Waals surface area contributed by atoms with E-state index in [1.807, 2.05) is 11.6 Å². The summed E-state index contributed by atoms with van der Waals surface area (Å²) >= 11 is 7.46. The van der Waals surface area contributed by atoms with Gasteiger partial charge in [0.2, 0.25) is 0 Å². The molecule has 0 aliphatic rings. The number of carbonyl (C=O) groups is 4. The molecule has 10 heteroatoms. The molecule has 0 radical (unpaired) electrons. The van der Waals surface area contributed by atoms with Gasteiger partial charge in [-0.05, 0) is 37.5 Å². The van der Waals surface area contributed by atoms with Gasteiger partial charge in [-0.3, -0.25) is 14.9 Å². The fourth-order valence-electron chi connectivity index (χ4n) is 1.90. The Kier molecular flexibility index (Phi) is 8.94. The Morgan fingerprint density at radius 3 is 2.50 bits per heavy atom. The monoisotopic (exact) mass is 401 g/mol. The first-order chi connectivity index (χ1) is 12.3. The number of ether oxygens (including phenoxy) is 1. The fraction of sp³-hybridized carbons (Fsp3) is 0.375. The van der Waals surface area contributed by atoms with Crippen molar-refractivity contribution in [3.63, 3.8) is 0 Å². The molecular weight excluding hydrogens is 382 g/mol. The molecule has 0 saturated heterocycles. The van der Waals surface area contributed by atoms with E-state index in [2.05, 4.69) is 5.32 Å². The number of esters is 1. The first-order valence-electron chi connectivity index (χ1n) is 7.61. The molecule has 4 amide bonds. The van der Waals surface area contributed by atoms with Crippen molar-refractivity contribution in [2.75, 3.05) is 12.0 Å². The molecule has 0 aliphatic carbocycles. The number of imide groups is 1. The molecular formula is C16H20ClN3O5S. The minimum atomic E-state index is -1.25. The quantitative estimate of drug-likeness (QED) is 0.563. The van der Waals surface area contributed by atoms with Crippen LogP contribution in [0, 0.1) is 0 Å². The van der Waals surface area contributed by atoms with Crippen LogP contribution >= 0.6 is 23.4 Å². The zero-order valence-electron chi connectivity index (χ0n) is 14.3. The third-order valence-electron chi connectivity index (χ3n) is 3.23. The Bertz CT molecular complexity index is 686. The molecule has 0 unspecified atom stereocenters. The average Bonchev–Trinajstić information content (AvgIpc) is 2.57. The van der Waals surface area contributed by atoms with Crippen molar-refractivity contribution in [2.24, 2.45) is 5.73 Å². The predicted octanol–water partition coefficient (Wildman–Crippen LogP) is 1.32. The van der Waals surface area contributed by atoms with Crippen LogP contribution in [-0.4, -0.2) is 48.0 Å². The highest BCUT2D eigenvalue weighted by atomic mass is 35.5. The number of benzene rings is 1. The van der Waals surface area contributed by atoms with E-state index in [1.54, 1.807) is 18.2 Å². The van der Waals surface area contributed by atoms with E-state index in [0.29, 0.717) is 12.2 Å². The van der Waals surface area contributed by atoms with E-state index in [9.17, 15) is 19.2 Å². The van der Waals surface area contributed by atoms with E-state index >= 15 is 0 Å². The van der Waals surface area contributed by atoms with Gasteiger partial charge in [0.25, 0.3) is 11.8 Å². The standard InChI is InChI=1S/C16H20ClN3O5S/c1-9(13(21)20-16(18)24)25-15(23)12(7-8-26-2)19-14(22)10-5-3-4-6-11(10)17/h3-6,9,12H,7-8H2,1-2H3,(H,19,22)(H3,18,20,21,24)/t9-,12+/m0/s1. The molecule has 8 nitrogen and oxygen atoms in total. The number of primary amides is 1. The van der Waals surface area contributed by atoms with Crippen LogP contribution in [0.15, 0.2) is 24.3 Å². The number of thioether (sulfide) groups is 1. The van der Waals surface area contributed by atoms with Crippen LogP contribution in [0.5, 0.6) is 0 Å². The molecule has 1 aromatic rings. The zero-order chi connectivity index (χ0) is 19.7. The maximum atomic E-state index is 12.4. The summed E-state index contributed by atoms with van der Waals surface area (Å²) in [5, 5.41) is 4.62. The third-order valence-corrected chi connectivity index (χ3v) is 4.20. The smallest absolute Gasteiger partial charge is 0.329 e. The maximum absolute atomic E-state index is 12.4. The molecule has 4 N–H and O–H groups in total. The number of hydrogen-bond acceptors (Lipinski definition) is 6. The Morgan fingerprint density at radius 1 is 1.27 bits per heavy atom. The van der Waals surface area contributed by atoms with Gasteiger partial charge in [-0.25, -0.2) is 9.59 Å². The van der Waals surface area contributed by atoms with Gasteiger partial charge in [0.15, 0.2) is 6.10 Å². The molecule has 0 bridgehead atoms. The Labute approximate surface area is 160 Å².